The van der Waals surface area contributed by atoms with Crippen LogP contribution >= 0.6 is 0 Å². The van der Waals surface area contributed by atoms with Crippen molar-refractivity contribution >= 4 is 10.0 Å². The van der Waals surface area contributed by atoms with Gasteiger partial charge in [-0.05, 0) is 6.92 Å². The maximum absolute atomic E-state index is 11.8. The van der Waals surface area contributed by atoms with Crippen molar-refractivity contribution in [2.24, 2.45) is 0 Å². The molecular formula is C9H21NO5S. The Morgan fingerprint density at radius 2 is 1.94 bits per heavy atom. The molecule has 0 aromatic carbocycles. The van der Waals surface area contributed by atoms with E-state index in [-0.39, 0.29) is 32.1 Å². The first-order valence-corrected chi connectivity index (χ1v) is 6.84. The van der Waals surface area contributed by atoms with Crippen LogP contribution in [-0.4, -0.2) is 70.2 Å². The third-order valence-electron chi connectivity index (χ3n) is 1.98. The SMILES string of the molecule is CCOCCS(=O)(=O)N(CCO)CCOC. The molecule has 0 aliphatic carbocycles. The smallest absolute Gasteiger partial charge is 0.216 e. The molecule has 6 nitrogen and oxygen atoms in total. The third-order valence-corrected chi connectivity index (χ3v) is 3.81. The summed E-state index contributed by atoms with van der Waals surface area (Å²) in [6, 6.07) is 0. The zero-order chi connectivity index (χ0) is 12.4. The molecule has 0 amide bonds. The lowest BCUT2D eigenvalue weighted by atomic mass is 10.6. The quantitative estimate of drug-likeness (QED) is 0.522. The molecule has 0 aromatic rings. The van der Waals surface area contributed by atoms with E-state index in [0.717, 1.165) is 0 Å². The van der Waals surface area contributed by atoms with E-state index in [4.69, 9.17) is 14.6 Å². The number of methoxy groups -OCH3 is 1. The lowest BCUT2D eigenvalue weighted by molar-refractivity contribution is 0.157. The maximum Gasteiger partial charge on any atom is 0.216 e. The summed E-state index contributed by atoms with van der Waals surface area (Å²) in [6.45, 7) is 2.94. The van der Waals surface area contributed by atoms with E-state index in [9.17, 15) is 8.42 Å². The normalized spacial score (nSPS) is 12.2. The Balaban J connectivity index is 4.25. The Morgan fingerprint density at radius 1 is 1.25 bits per heavy atom. The average Bonchev–Trinajstić information content (AvgIpc) is 2.24. The number of nitrogens with zero attached hydrogens (tertiary/aromatic N) is 1. The third kappa shape index (κ3) is 6.39. The Hall–Kier alpha value is -0.210. The maximum atomic E-state index is 11.8. The zero-order valence-electron chi connectivity index (χ0n) is 9.89. The molecule has 0 saturated carbocycles. The lowest BCUT2D eigenvalue weighted by Gasteiger charge is -2.20. The van der Waals surface area contributed by atoms with Crippen LogP contribution in [0.15, 0.2) is 0 Å². The number of ether oxygens (including phenoxy) is 2. The van der Waals surface area contributed by atoms with Crippen molar-refractivity contribution in [2.45, 2.75) is 6.92 Å². The minimum Gasteiger partial charge on any atom is -0.395 e. The first kappa shape index (κ1) is 15.8. The van der Waals surface area contributed by atoms with Crippen molar-refractivity contribution < 1.29 is 23.0 Å². The summed E-state index contributed by atoms with van der Waals surface area (Å²) >= 11 is 0. The molecule has 1 N–H and O–H groups in total. The van der Waals surface area contributed by atoms with Crippen molar-refractivity contribution in [3.63, 3.8) is 0 Å². The van der Waals surface area contributed by atoms with Crippen LogP contribution in [0.2, 0.25) is 0 Å². The van der Waals surface area contributed by atoms with Gasteiger partial charge in [0, 0.05) is 26.8 Å². The Morgan fingerprint density at radius 3 is 2.44 bits per heavy atom. The van der Waals surface area contributed by atoms with Gasteiger partial charge in [-0.1, -0.05) is 0 Å². The average molecular weight is 255 g/mol. The molecule has 7 heteroatoms. The molecule has 0 aromatic heterocycles. The van der Waals surface area contributed by atoms with Crippen LogP contribution in [-0.2, 0) is 19.5 Å². The van der Waals surface area contributed by atoms with Gasteiger partial charge in [0.15, 0.2) is 0 Å². The highest BCUT2D eigenvalue weighted by Gasteiger charge is 2.20. The van der Waals surface area contributed by atoms with Crippen LogP contribution in [0.1, 0.15) is 6.92 Å². The van der Waals surface area contributed by atoms with Gasteiger partial charge in [-0.3, -0.25) is 0 Å². The molecule has 0 atom stereocenters. The van der Waals surface area contributed by atoms with Crippen LogP contribution in [0.25, 0.3) is 0 Å². The topological polar surface area (TPSA) is 76.1 Å². The number of aliphatic hydroxyl groups is 1. The Bertz CT molecular complexity index is 255. The number of hydrogen-bond donors (Lipinski definition) is 1. The van der Waals surface area contributed by atoms with Gasteiger partial charge in [0.25, 0.3) is 0 Å². The van der Waals surface area contributed by atoms with Gasteiger partial charge in [-0.25, -0.2) is 8.42 Å². The monoisotopic (exact) mass is 255 g/mol. The van der Waals surface area contributed by atoms with Crippen molar-refractivity contribution in [3.8, 4) is 0 Å². The van der Waals surface area contributed by atoms with E-state index in [1.165, 1.54) is 11.4 Å². The molecule has 0 aliphatic rings. The van der Waals surface area contributed by atoms with Gasteiger partial charge < -0.3 is 14.6 Å². The first-order chi connectivity index (χ1) is 7.58. The predicted molar refractivity (Wildman–Crippen MR) is 60.8 cm³/mol. The fourth-order valence-electron chi connectivity index (χ4n) is 1.13. The summed E-state index contributed by atoms with van der Waals surface area (Å²) < 4.78 is 34.6. The van der Waals surface area contributed by atoms with Gasteiger partial charge in [0.05, 0.1) is 25.6 Å². The summed E-state index contributed by atoms with van der Waals surface area (Å²) in [4.78, 5) is 0. The Kier molecular flexibility index (Phi) is 8.77. The molecule has 16 heavy (non-hydrogen) atoms. The van der Waals surface area contributed by atoms with E-state index in [1.807, 2.05) is 6.92 Å². The second-order valence-electron chi connectivity index (χ2n) is 3.13. The molecule has 0 unspecified atom stereocenters. The zero-order valence-corrected chi connectivity index (χ0v) is 10.7. The molecule has 0 bridgehead atoms. The van der Waals surface area contributed by atoms with E-state index in [2.05, 4.69) is 0 Å². The standard InChI is InChI=1S/C9H21NO5S/c1-3-15-8-9-16(12,13)10(4-6-11)5-7-14-2/h11H,3-9H2,1-2H3. The molecular weight excluding hydrogens is 234 g/mol. The van der Waals surface area contributed by atoms with Crippen LogP contribution < -0.4 is 0 Å². The van der Waals surface area contributed by atoms with Crippen molar-refractivity contribution in [3.05, 3.63) is 0 Å². The fourth-order valence-corrected chi connectivity index (χ4v) is 2.43. The Labute approximate surface area is 97.2 Å². The summed E-state index contributed by atoms with van der Waals surface area (Å²) in [6.07, 6.45) is 0. The van der Waals surface area contributed by atoms with Crippen molar-refractivity contribution in [1.82, 2.24) is 4.31 Å². The number of rotatable bonds is 10. The molecule has 98 valence electrons. The molecule has 0 radical (unpaired) electrons. The van der Waals surface area contributed by atoms with E-state index < -0.39 is 10.0 Å². The summed E-state index contributed by atoms with van der Waals surface area (Å²) in [5, 5.41) is 8.79. The van der Waals surface area contributed by atoms with Crippen LogP contribution in [0, 0.1) is 0 Å². The molecule has 0 heterocycles. The molecule has 0 aliphatic heterocycles. The fraction of sp³-hybridized carbons (Fsp3) is 1.00. The second kappa shape index (κ2) is 8.89. The van der Waals surface area contributed by atoms with Gasteiger partial charge in [-0.2, -0.15) is 4.31 Å². The van der Waals surface area contributed by atoms with Gasteiger partial charge in [0.1, 0.15) is 0 Å². The van der Waals surface area contributed by atoms with Gasteiger partial charge >= 0.3 is 0 Å². The van der Waals surface area contributed by atoms with Crippen LogP contribution in [0.3, 0.4) is 0 Å². The minimum absolute atomic E-state index is 0.0649. The van der Waals surface area contributed by atoms with Crippen LogP contribution in [0.4, 0.5) is 0 Å². The van der Waals surface area contributed by atoms with Gasteiger partial charge in [0.2, 0.25) is 10.0 Å². The molecule has 0 rings (SSSR count). The van der Waals surface area contributed by atoms with Crippen LogP contribution in [0.5, 0.6) is 0 Å². The number of hydrogen-bond acceptors (Lipinski definition) is 5. The van der Waals surface area contributed by atoms with Crippen molar-refractivity contribution in [2.75, 3.05) is 52.4 Å². The molecule has 0 fully saturated rings. The molecule has 0 spiro atoms. The summed E-state index contributed by atoms with van der Waals surface area (Å²) in [5.41, 5.74) is 0. The summed E-state index contributed by atoms with van der Waals surface area (Å²) in [5.74, 6) is -0.0649. The largest absolute Gasteiger partial charge is 0.395 e. The highest BCUT2D eigenvalue weighted by molar-refractivity contribution is 7.89. The minimum atomic E-state index is -3.36. The molecule has 0 saturated heterocycles. The first-order valence-electron chi connectivity index (χ1n) is 5.23. The van der Waals surface area contributed by atoms with Gasteiger partial charge in [-0.15, -0.1) is 0 Å². The highest BCUT2D eigenvalue weighted by Crippen LogP contribution is 2.01. The van der Waals surface area contributed by atoms with E-state index >= 15 is 0 Å². The number of aliphatic hydroxyl groups excluding tert-OH is 1. The predicted octanol–water partition coefficient (Wildman–Crippen LogP) is -0.707. The highest BCUT2D eigenvalue weighted by atomic mass is 32.2. The van der Waals surface area contributed by atoms with Crippen molar-refractivity contribution in [1.29, 1.82) is 0 Å². The second-order valence-corrected chi connectivity index (χ2v) is 5.22. The summed E-state index contributed by atoms with van der Waals surface area (Å²) in [7, 11) is -1.86. The lowest BCUT2D eigenvalue weighted by Crippen LogP contribution is -2.38. The van der Waals surface area contributed by atoms with E-state index in [0.29, 0.717) is 13.2 Å². The number of sulfonamides is 1. The van der Waals surface area contributed by atoms with E-state index in [1.54, 1.807) is 0 Å².